The molecule has 23 heavy (non-hydrogen) atoms. The van der Waals surface area contributed by atoms with Gasteiger partial charge in [-0.1, -0.05) is 12.1 Å². The number of ether oxygens (including phenoxy) is 2. The third-order valence-corrected chi connectivity index (χ3v) is 4.95. The minimum Gasteiger partial charge on any atom is -0.492 e. The normalized spacial score (nSPS) is 26.1. The van der Waals surface area contributed by atoms with Crippen LogP contribution in [0.25, 0.3) is 0 Å². The van der Waals surface area contributed by atoms with Gasteiger partial charge in [0.1, 0.15) is 12.4 Å². The first-order valence-corrected chi connectivity index (χ1v) is 8.68. The predicted octanol–water partition coefficient (Wildman–Crippen LogP) is 2.91. The highest BCUT2D eigenvalue weighted by atomic mass is 17.1. The summed E-state index contributed by atoms with van der Waals surface area (Å²) < 4.78 is 11.2. The van der Waals surface area contributed by atoms with Crippen molar-refractivity contribution in [3.05, 3.63) is 29.8 Å². The van der Waals surface area contributed by atoms with Crippen molar-refractivity contribution in [2.45, 2.75) is 37.7 Å². The van der Waals surface area contributed by atoms with Crippen molar-refractivity contribution in [2.24, 2.45) is 0 Å². The molecule has 0 amide bonds. The van der Waals surface area contributed by atoms with Gasteiger partial charge in [0.05, 0.1) is 19.3 Å². The molecular formula is C18H27NO4. The van der Waals surface area contributed by atoms with Gasteiger partial charge in [0.15, 0.2) is 0 Å². The molecule has 0 unspecified atom stereocenters. The Hall–Kier alpha value is -1.14. The van der Waals surface area contributed by atoms with E-state index in [0.29, 0.717) is 5.92 Å². The van der Waals surface area contributed by atoms with E-state index in [9.17, 15) is 0 Å². The van der Waals surface area contributed by atoms with Gasteiger partial charge in [-0.2, -0.15) is 0 Å². The third-order valence-electron chi connectivity index (χ3n) is 4.95. The number of benzene rings is 1. The highest BCUT2D eigenvalue weighted by molar-refractivity contribution is 5.29. The second kappa shape index (κ2) is 8.64. The Bertz CT molecular complexity index is 451. The molecule has 1 aromatic rings. The number of morpholine rings is 1. The summed E-state index contributed by atoms with van der Waals surface area (Å²) in [6.07, 6.45) is 4.03. The summed E-state index contributed by atoms with van der Waals surface area (Å²) in [5.74, 6) is 1.51. The van der Waals surface area contributed by atoms with Crippen molar-refractivity contribution in [1.29, 1.82) is 0 Å². The average molecular weight is 321 g/mol. The molecule has 1 N–H and O–H groups in total. The van der Waals surface area contributed by atoms with E-state index in [1.807, 2.05) is 0 Å². The molecule has 1 aliphatic carbocycles. The fourth-order valence-corrected chi connectivity index (χ4v) is 3.46. The molecule has 0 bridgehead atoms. The zero-order valence-electron chi connectivity index (χ0n) is 13.7. The maximum atomic E-state index is 8.73. The van der Waals surface area contributed by atoms with Crippen LogP contribution in [0.5, 0.6) is 5.75 Å². The number of nitrogens with zero attached hydrogens (tertiary/aromatic N) is 1. The van der Waals surface area contributed by atoms with E-state index < -0.39 is 0 Å². The molecule has 0 aromatic heterocycles. The number of rotatable bonds is 6. The molecule has 1 aromatic carbocycles. The van der Waals surface area contributed by atoms with Crippen molar-refractivity contribution in [3.8, 4) is 5.75 Å². The fourth-order valence-electron chi connectivity index (χ4n) is 3.46. The molecule has 0 atom stereocenters. The van der Waals surface area contributed by atoms with Gasteiger partial charge in [-0.25, -0.2) is 4.89 Å². The highest BCUT2D eigenvalue weighted by Gasteiger charge is 2.22. The van der Waals surface area contributed by atoms with E-state index in [-0.39, 0.29) is 6.10 Å². The van der Waals surface area contributed by atoms with Crippen LogP contribution in [0, 0.1) is 0 Å². The molecule has 2 aliphatic rings. The van der Waals surface area contributed by atoms with Gasteiger partial charge in [0.25, 0.3) is 0 Å². The molecular weight excluding hydrogens is 294 g/mol. The van der Waals surface area contributed by atoms with Gasteiger partial charge >= 0.3 is 0 Å². The highest BCUT2D eigenvalue weighted by Crippen LogP contribution is 2.34. The summed E-state index contributed by atoms with van der Waals surface area (Å²) in [4.78, 5) is 6.83. The first-order chi connectivity index (χ1) is 11.3. The van der Waals surface area contributed by atoms with Crippen molar-refractivity contribution in [3.63, 3.8) is 0 Å². The van der Waals surface area contributed by atoms with Crippen LogP contribution in [0.3, 0.4) is 0 Å². The Balaban J connectivity index is 1.42. The van der Waals surface area contributed by atoms with Crippen LogP contribution in [0.1, 0.15) is 37.2 Å². The maximum Gasteiger partial charge on any atom is 0.119 e. The van der Waals surface area contributed by atoms with Gasteiger partial charge in [-0.05, 0) is 49.3 Å². The number of hydrogen-bond donors (Lipinski definition) is 1. The third kappa shape index (κ3) is 4.91. The van der Waals surface area contributed by atoms with E-state index in [1.165, 1.54) is 5.56 Å². The lowest BCUT2D eigenvalue weighted by molar-refractivity contribution is -0.284. The lowest BCUT2D eigenvalue weighted by atomic mass is 9.83. The van der Waals surface area contributed by atoms with Crippen LogP contribution >= 0.6 is 0 Å². The molecule has 5 nitrogen and oxygen atoms in total. The second-order valence-electron chi connectivity index (χ2n) is 6.45. The molecule has 2 fully saturated rings. The van der Waals surface area contributed by atoms with Gasteiger partial charge < -0.3 is 9.47 Å². The van der Waals surface area contributed by atoms with Crippen molar-refractivity contribution < 1.29 is 19.6 Å². The van der Waals surface area contributed by atoms with Gasteiger partial charge in [-0.15, -0.1) is 0 Å². The lowest BCUT2D eigenvalue weighted by Crippen LogP contribution is -2.38. The van der Waals surface area contributed by atoms with Gasteiger partial charge in [-0.3, -0.25) is 10.2 Å². The van der Waals surface area contributed by atoms with Gasteiger partial charge in [0.2, 0.25) is 0 Å². The molecule has 0 radical (unpaired) electrons. The van der Waals surface area contributed by atoms with E-state index in [4.69, 9.17) is 14.7 Å². The summed E-state index contributed by atoms with van der Waals surface area (Å²) in [7, 11) is 0. The second-order valence-corrected chi connectivity index (χ2v) is 6.45. The van der Waals surface area contributed by atoms with Crippen molar-refractivity contribution in [1.82, 2.24) is 4.90 Å². The van der Waals surface area contributed by atoms with E-state index >= 15 is 0 Å². The van der Waals surface area contributed by atoms with Crippen molar-refractivity contribution >= 4 is 0 Å². The molecule has 128 valence electrons. The van der Waals surface area contributed by atoms with E-state index in [1.54, 1.807) is 0 Å². The first kappa shape index (κ1) is 16.7. The molecule has 1 aliphatic heterocycles. The maximum absolute atomic E-state index is 8.73. The SMILES string of the molecule is OO[C@H]1CC[C@@H](c2ccc(OCCN3CCOCC3)cc2)CC1. The first-order valence-electron chi connectivity index (χ1n) is 8.68. The molecule has 3 rings (SSSR count). The summed E-state index contributed by atoms with van der Waals surface area (Å²) in [6.45, 7) is 5.34. The molecule has 1 saturated heterocycles. The standard InChI is InChI=1S/C18H27NO4/c20-23-18-7-3-16(4-8-18)15-1-5-17(6-2-15)22-14-11-19-9-12-21-13-10-19/h1-2,5-6,16,18,20H,3-4,7-14H2/t16-,18+. The van der Waals surface area contributed by atoms with Gasteiger partial charge in [0, 0.05) is 19.6 Å². The molecule has 0 spiro atoms. The Morgan fingerprint density at radius 2 is 1.74 bits per heavy atom. The zero-order valence-corrected chi connectivity index (χ0v) is 13.7. The Labute approximate surface area is 138 Å². The largest absolute Gasteiger partial charge is 0.492 e. The monoisotopic (exact) mass is 321 g/mol. The zero-order chi connectivity index (χ0) is 15.9. The van der Waals surface area contributed by atoms with Crippen LogP contribution in [-0.4, -0.2) is 55.7 Å². The van der Waals surface area contributed by atoms with E-state index in [0.717, 1.165) is 70.9 Å². The van der Waals surface area contributed by atoms with Crippen LogP contribution < -0.4 is 4.74 Å². The Morgan fingerprint density at radius 3 is 2.39 bits per heavy atom. The van der Waals surface area contributed by atoms with Crippen LogP contribution in [-0.2, 0) is 9.62 Å². The Morgan fingerprint density at radius 1 is 1.04 bits per heavy atom. The summed E-state index contributed by atoms with van der Waals surface area (Å²) in [5, 5.41) is 8.73. The minimum absolute atomic E-state index is 0.0223. The summed E-state index contributed by atoms with van der Waals surface area (Å²) in [5.41, 5.74) is 1.36. The average Bonchev–Trinajstić information content (AvgIpc) is 2.63. The van der Waals surface area contributed by atoms with E-state index in [2.05, 4.69) is 34.1 Å². The van der Waals surface area contributed by atoms with Crippen LogP contribution in [0.4, 0.5) is 0 Å². The van der Waals surface area contributed by atoms with Crippen LogP contribution in [0.2, 0.25) is 0 Å². The van der Waals surface area contributed by atoms with Crippen LogP contribution in [0.15, 0.2) is 24.3 Å². The molecule has 1 saturated carbocycles. The predicted molar refractivity (Wildman–Crippen MR) is 87.9 cm³/mol. The van der Waals surface area contributed by atoms with Crippen molar-refractivity contribution in [2.75, 3.05) is 39.5 Å². The summed E-state index contributed by atoms with van der Waals surface area (Å²) >= 11 is 0. The summed E-state index contributed by atoms with van der Waals surface area (Å²) in [6, 6.07) is 8.50. The fraction of sp³-hybridized carbons (Fsp3) is 0.667. The lowest BCUT2D eigenvalue weighted by Gasteiger charge is -2.27. The smallest absolute Gasteiger partial charge is 0.119 e. The molecule has 1 heterocycles. The Kier molecular flexibility index (Phi) is 6.28. The topological polar surface area (TPSA) is 51.2 Å². The minimum atomic E-state index is 0.0223. The number of hydrogen-bond acceptors (Lipinski definition) is 5. The molecule has 5 heteroatoms. The quantitative estimate of drug-likeness (QED) is 0.645.